The van der Waals surface area contributed by atoms with Crippen molar-refractivity contribution in [3.05, 3.63) is 40.3 Å². The van der Waals surface area contributed by atoms with Gasteiger partial charge < -0.3 is 9.32 Å². The first-order valence-electron chi connectivity index (χ1n) is 8.60. The molecule has 0 atom stereocenters. The zero-order valence-electron chi connectivity index (χ0n) is 14.4. The van der Waals surface area contributed by atoms with Crippen molar-refractivity contribution in [2.75, 3.05) is 33.2 Å². The van der Waals surface area contributed by atoms with Crippen molar-refractivity contribution in [1.82, 2.24) is 20.0 Å². The second-order valence-electron chi connectivity index (χ2n) is 6.45. The van der Waals surface area contributed by atoms with Gasteiger partial charge >= 0.3 is 0 Å². The molecule has 1 aromatic carbocycles. The first-order valence-corrected chi connectivity index (χ1v) is 8.60. The first-order chi connectivity index (χ1) is 12.1. The molecule has 0 amide bonds. The van der Waals surface area contributed by atoms with E-state index in [9.17, 15) is 10.1 Å². The van der Waals surface area contributed by atoms with E-state index < -0.39 is 4.92 Å². The summed E-state index contributed by atoms with van der Waals surface area (Å²) in [6.07, 6.45) is 3.94. The minimum Gasteiger partial charge on any atom is -0.419 e. The highest BCUT2D eigenvalue weighted by Crippen LogP contribution is 2.21. The fourth-order valence-electron chi connectivity index (χ4n) is 2.96. The molecule has 1 aromatic heterocycles. The quantitative estimate of drug-likeness (QED) is 0.563. The summed E-state index contributed by atoms with van der Waals surface area (Å²) < 4.78 is 5.69. The van der Waals surface area contributed by atoms with E-state index >= 15 is 0 Å². The molecule has 0 spiro atoms. The van der Waals surface area contributed by atoms with Gasteiger partial charge in [-0.25, -0.2) is 0 Å². The maximum absolute atomic E-state index is 10.7. The molecule has 8 heteroatoms. The molecule has 1 aliphatic heterocycles. The zero-order chi connectivity index (χ0) is 17.6. The van der Waals surface area contributed by atoms with Gasteiger partial charge in [0.15, 0.2) is 0 Å². The number of nitro benzene ring substituents is 1. The molecule has 0 radical (unpaired) electrons. The Kier molecular flexibility index (Phi) is 5.72. The predicted octanol–water partition coefficient (Wildman–Crippen LogP) is 2.56. The molecule has 0 saturated carbocycles. The average Bonchev–Trinajstić information content (AvgIpc) is 3.09. The van der Waals surface area contributed by atoms with Gasteiger partial charge in [0.05, 0.1) is 11.5 Å². The lowest BCUT2D eigenvalue weighted by Gasteiger charge is -2.28. The fraction of sp³-hybridized carbons (Fsp3) is 0.529. The minimum absolute atomic E-state index is 0.0425. The van der Waals surface area contributed by atoms with Crippen LogP contribution in [-0.2, 0) is 6.54 Å². The summed E-state index contributed by atoms with van der Waals surface area (Å²) in [5.41, 5.74) is 0.723. The SMILES string of the molecule is CN(CCN1CCCCC1)Cc1nnc(-c2ccc([N+](=O)[O-])cc2)o1. The van der Waals surface area contributed by atoms with Crippen molar-refractivity contribution in [3.8, 4) is 11.5 Å². The van der Waals surface area contributed by atoms with Crippen LogP contribution >= 0.6 is 0 Å². The van der Waals surface area contributed by atoms with Crippen LogP contribution in [-0.4, -0.2) is 58.1 Å². The largest absolute Gasteiger partial charge is 0.419 e. The Morgan fingerprint density at radius 3 is 2.60 bits per heavy atom. The summed E-state index contributed by atoms with van der Waals surface area (Å²) in [6, 6.07) is 6.11. The topological polar surface area (TPSA) is 88.5 Å². The molecule has 8 nitrogen and oxygen atoms in total. The molecule has 2 aromatic rings. The van der Waals surface area contributed by atoms with E-state index in [0.717, 1.165) is 13.1 Å². The van der Waals surface area contributed by atoms with Gasteiger partial charge in [-0.2, -0.15) is 0 Å². The van der Waals surface area contributed by atoms with Crippen LogP contribution in [0.1, 0.15) is 25.2 Å². The number of rotatable bonds is 7. The van der Waals surface area contributed by atoms with E-state index in [1.807, 2.05) is 7.05 Å². The van der Waals surface area contributed by atoms with Crippen LogP contribution in [0.5, 0.6) is 0 Å². The van der Waals surface area contributed by atoms with E-state index in [1.165, 1.54) is 44.5 Å². The Balaban J connectivity index is 1.52. The third kappa shape index (κ3) is 4.83. The smallest absolute Gasteiger partial charge is 0.269 e. The lowest BCUT2D eigenvalue weighted by Crippen LogP contribution is -2.36. The first kappa shape index (κ1) is 17.5. The van der Waals surface area contributed by atoms with Gasteiger partial charge in [-0.1, -0.05) is 6.42 Å². The number of aromatic nitrogens is 2. The van der Waals surface area contributed by atoms with Gasteiger partial charge in [-0.05, 0) is 45.1 Å². The molecule has 1 aliphatic rings. The normalized spacial score (nSPS) is 15.6. The van der Waals surface area contributed by atoms with Gasteiger partial charge in [0.2, 0.25) is 11.8 Å². The third-order valence-corrected chi connectivity index (χ3v) is 4.44. The Labute approximate surface area is 146 Å². The summed E-state index contributed by atoms with van der Waals surface area (Å²) in [5.74, 6) is 0.934. The van der Waals surface area contributed by atoms with Gasteiger partial charge in [-0.15, -0.1) is 10.2 Å². The molecule has 1 saturated heterocycles. The predicted molar refractivity (Wildman–Crippen MR) is 93.0 cm³/mol. The monoisotopic (exact) mass is 345 g/mol. The van der Waals surface area contributed by atoms with Crippen molar-refractivity contribution in [2.45, 2.75) is 25.8 Å². The van der Waals surface area contributed by atoms with Crippen molar-refractivity contribution in [1.29, 1.82) is 0 Å². The molecule has 134 valence electrons. The summed E-state index contributed by atoms with van der Waals surface area (Å²) in [5, 5.41) is 18.8. The standard InChI is InChI=1S/C17H23N5O3/c1-20(11-12-21-9-3-2-4-10-21)13-16-18-19-17(25-16)14-5-7-15(8-6-14)22(23)24/h5-8H,2-4,9-13H2,1H3. The van der Waals surface area contributed by atoms with Crippen LogP contribution in [0.3, 0.4) is 0 Å². The molecular formula is C17H23N5O3. The van der Waals surface area contributed by atoms with Gasteiger partial charge in [0.1, 0.15) is 0 Å². The molecule has 0 N–H and O–H groups in total. The van der Waals surface area contributed by atoms with Crippen LogP contribution < -0.4 is 0 Å². The zero-order valence-corrected chi connectivity index (χ0v) is 14.4. The van der Waals surface area contributed by atoms with Crippen LogP contribution in [0.25, 0.3) is 11.5 Å². The highest BCUT2D eigenvalue weighted by molar-refractivity contribution is 5.55. The van der Waals surface area contributed by atoms with E-state index in [0.29, 0.717) is 23.9 Å². The second kappa shape index (κ2) is 8.17. The number of likely N-dealkylation sites (tertiary alicyclic amines) is 1. The van der Waals surface area contributed by atoms with Crippen LogP contribution in [0.15, 0.2) is 28.7 Å². The second-order valence-corrected chi connectivity index (χ2v) is 6.45. The molecule has 25 heavy (non-hydrogen) atoms. The summed E-state index contributed by atoms with van der Waals surface area (Å²) in [6.45, 7) is 4.99. The van der Waals surface area contributed by atoms with Crippen LogP contribution in [0.4, 0.5) is 5.69 Å². The van der Waals surface area contributed by atoms with Crippen molar-refractivity contribution in [3.63, 3.8) is 0 Å². The minimum atomic E-state index is -0.430. The molecule has 3 rings (SSSR count). The van der Waals surface area contributed by atoms with Gasteiger partial charge in [0, 0.05) is 30.8 Å². The Morgan fingerprint density at radius 1 is 1.20 bits per heavy atom. The van der Waals surface area contributed by atoms with Gasteiger partial charge in [-0.3, -0.25) is 15.0 Å². The lowest BCUT2D eigenvalue weighted by molar-refractivity contribution is -0.384. The number of piperidine rings is 1. The number of non-ortho nitro benzene ring substituents is 1. The lowest BCUT2D eigenvalue weighted by atomic mass is 10.1. The number of nitrogens with zero attached hydrogens (tertiary/aromatic N) is 5. The Bertz CT molecular complexity index is 695. The van der Waals surface area contributed by atoms with Crippen LogP contribution in [0.2, 0.25) is 0 Å². The highest BCUT2D eigenvalue weighted by atomic mass is 16.6. The average molecular weight is 345 g/mol. The fourth-order valence-corrected chi connectivity index (χ4v) is 2.96. The van der Waals surface area contributed by atoms with Crippen molar-refractivity contribution < 1.29 is 9.34 Å². The molecular weight excluding hydrogens is 322 g/mol. The van der Waals surface area contributed by atoms with E-state index in [2.05, 4.69) is 20.0 Å². The summed E-state index contributed by atoms with van der Waals surface area (Å²) >= 11 is 0. The maximum Gasteiger partial charge on any atom is 0.269 e. The van der Waals surface area contributed by atoms with E-state index in [4.69, 9.17) is 4.42 Å². The van der Waals surface area contributed by atoms with E-state index in [-0.39, 0.29) is 5.69 Å². The number of likely N-dealkylation sites (N-methyl/N-ethyl adjacent to an activating group) is 1. The molecule has 0 aliphatic carbocycles. The summed E-state index contributed by atoms with van der Waals surface area (Å²) in [4.78, 5) is 14.9. The number of hydrogen-bond donors (Lipinski definition) is 0. The van der Waals surface area contributed by atoms with E-state index in [1.54, 1.807) is 12.1 Å². The summed E-state index contributed by atoms with van der Waals surface area (Å²) in [7, 11) is 2.04. The molecule has 0 unspecified atom stereocenters. The Hall–Kier alpha value is -2.32. The Morgan fingerprint density at radius 2 is 1.92 bits per heavy atom. The highest BCUT2D eigenvalue weighted by Gasteiger charge is 2.14. The van der Waals surface area contributed by atoms with Gasteiger partial charge in [0.25, 0.3) is 5.69 Å². The molecule has 0 bridgehead atoms. The van der Waals surface area contributed by atoms with Crippen molar-refractivity contribution in [2.24, 2.45) is 0 Å². The maximum atomic E-state index is 10.7. The van der Waals surface area contributed by atoms with Crippen molar-refractivity contribution >= 4 is 5.69 Å². The molecule has 1 fully saturated rings. The number of nitro groups is 1. The third-order valence-electron chi connectivity index (χ3n) is 4.44. The molecule has 2 heterocycles. The number of hydrogen-bond acceptors (Lipinski definition) is 7. The van der Waals surface area contributed by atoms with Crippen LogP contribution in [0, 0.1) is 10.1 Å². The number of benzene rings is 1.